The Balaban J connectivity index is 1.96. The smallest absolute Gasteiger partial charge is 0.293 e. The van der Waals surface area contributed by atoms with Gasteiger partial charge in [0.15, 0.2) is 0 Å². The van der Waals surface area contributed by atoms with Crippen molar-refractivity contribution in [3.63, 3.8) is 0 Å². The summed E-state index contributed by atoms with van der Waals surface area (Å²) in [6.07, 6.45) is 1.76. The van der Waals surface area contributed by atoms with Crippen molar-refractivity contribution in [3.8, 4) is 0 Å². The number of ether oxygens (including phenoxy) is 1. The lowest BCUT2D eigenvalue weighted by Gasteiger charge is -2.25. The number of hydrogen-bond acceptors (Lipinski definition) is 5. The van der Waals surface area contributed by atoms with E-state index in [9.17, 15) is 14.9 Å². The molecule has 1 heterocycles. The Hall–Kier alpha value is -2.93. The molecule has 1 fully saturated rings. The third kappa shape index (κ3) is 3.77. The first kappa shape index (κ1) is 16.9. The van der Waals surface area contributed by atoms with Crippen molar-refractivity contribution in [1.29, 1.82) is 0 Å². The first-order chi connectivity index (χ1) is 12.1. The third-order valence-electron chi connectivity index (χ3n) is 4.29. The molecule has 2 aromatic carbocycles. The van der Waals surface area contributed by atoms with Gasteiger partial charge < -0.3 is 15.8 Å². The predicted molar refractivity (Wildman–Crippen MR) is 93.4 cm³/mol. The van der Waals surface area contributed by atoms with Crippen LogP contribution >= 0.6 is 0 Å². The van der Waals surface area contributed by atoms with Gasteiger partial charge in [-0.2, -0.15) is 0 Å². The summed E-state index contributed by atoms with van der Waals surface area (Å²) in [6, 6.07) is 13.7. The molecule has 0 spiro atoms. The molecular formula is C18H19N3O4. The van der Waals surface area contributed by atoms with E-state index in [0.29, 0.717) is 12.3 Å². The summed E-state index contributed by atoms with van der Waals surface area (Å²) >= 11 is 0. The van der Waals surface area contributed by atoms with Crippen LogP contribution in [0.2, 0.25) is 0 Å². The maximum absolute atomic E-state index is 11.4. The summed E-state index contributed by atoms with van der Waals surface area (Å²) < 4.78 is 5.80. The van der Waals surface area contributed by atoms with E-state index in [4.69, 9.17) is 10.5 Å². The van der Waals surface area contributed by atoms with Crippen molar-refractivity contribution in [2.75, 3.05) is 11.9 Å². The van der Waals surface area contributed by atoms with Crippen LogP contribution in [0.1, 0.15) is 34.8 Å². The van der Waals surface area contributed by atoms with Crippen LogP contribution in [-0.4, -0.2) is 23.5 Å². The minimum atomic E-state index is -0.701. The first-order valence-electron chi connectivity index (χ1n) is 8.07. The van der Waals surface area contributed by atoms with Crippen LogP contribution < -0.4 is 11.1 Å². The average Bonchev–Trinajstić information content (AvgIpc) is 3.14. The Kier molecular flexibility index (Phi) is 4.95. The molecule has 0 aromatic heterocycles. The lowest BCUT2D eigenvalue weighted by molar-refractivity contribution is -0.384. The molecule has 2 aromatic rings. The lowest BCUT2D eigenvalue weighted by atomic mass is 9.98. The van der Waals surface area contributed by atoms with Gasteiger partial charge in [0.25, 0.3) is 5.69 Å². The molecule has 0 radical (unpaired) electrons. The fourth-order valence-corrected chi connectivity index (χ4v) is 3.04. The van der Waals surface area contributed by atoms with E-state index in [1.54, 1.807) is 0 Å². The molecule has 3 rings (SSSR count). The lowest BCUT2D eigenvalue weighted by Crippen LogP contribution is -2.25. The molecule has 7 heteroatoms. The Morgan fingerprint density at radius 2 is 2.04 bits per heavy atom. The quantitative estimate of drug-likeness (QED) is 0.620. The number of carbonyl (C=O) groups excluding carboxylic acids is 1. The van der Waals surface area contributed by atoms with E-state index in [1.807, 2.05) is 30.3 Å². The number of amides is 1. The Morgan fingerprint density at radius 1 is 1.28 bits per heavy atom. The summed E-state index contributed by atoms with van der Waals surface area (Å²) in [5.41, 5.74) is 6.46. The highest BCUT2D eigenvalue weighted by molar-refractivity contribution is 5.94. The molecule has 1 aliphatic rings. The van der Waals surface area contributed by atoms with Gasteiger partial charge in [-0.05, 0) is 30.5 Å². The van der Waals surface area contributed by atoms with E-state index < -0.39 is 10.8 Å². The standard InChI is InChI=1S/C18H19N3O4/c19-18(22)13-8-9-14(15(11-13)21(23)24)20-17(16-7-4-10-25-16)12-5-2-1-3-6-12/h1-3,5-6,8-9,11,16-17,20H,4,7,10H2,(H2,19,22)/t16-,17+/m1/s1. The normalized spacial score (nSPS) is 17.8. The number of nitro benzene ring substituents is 1. The average molecular weight is 341 g/mol. The summed E-state index contributed by atoms with van der Waals surface area (Å²) in [6.45, 7) is 0.679. The van der Waals surface area contributed by atoms with E-state index in [2.05, 4.69) is 5.32 Å². The van der Waals surface area contributed by atoms with Crippen molar-refractivity contribution < 1.29 is 14.5 Å². The number of carbonyl (C=O) groups is 1. The fourth-order valence-electron chi connectivity index (χ4n) is 3.04. The van der Waals surface area contributed by atoms with Crippen molar-refractivity contribution in [1.82, 2.24) is 0 Å². The number of nitrogens with two attached hydrogens (primary N) is 1. The minimum Gasteiger partial charge on any atom is -0.376 e. The zero-order valence-corrected chi connectivity index (χ0v) is 13.6. The zero-order chi connectivity index (χ0) is 17.8. The minimum absolute atomic E-state index is 0.0715. The van der Waals surface area contributed by atoms with E-state index in [-0.39, 0.29) is 23.4 Å². The summed E-state index contributed by atoms with van der Waals surface area (Å²) in [4.78, 5) is 22.2. The maximum Gasteiger partial charge on any atom is 0.293 e. The summed E-state index contributed by atoms with van der Waals surface area (Å²) in [7, 11) is 0. The molecule has 0 bridgehead atoms. The Labute approximate surface area is 144 Å². The second-order valence-corrected chi connectivity index (χ2v) is 5.94. The van der Waals surface area contributed by atoms with Crippen LogP contribution in [0.15, 0.2) is 48.5 Å². The topological polar surface area (TPSA) is 107 Å². The van der Waals surface area contributed by atoms with E-state index >= 15 is 0 Å². The molecule has 130 valence electrons. The van der Waals surface area contributed by atoms with Crippen molar-refractivity contribution in [2.24, 2.45) is 5.73 Å². The van der Waals surface area contributed by atoms with Crippen LogP contribution in [0.4, 0.5) is 11.4 Å². The van der Waals surface area contributed by atoms with Gasteiger partial charge in [-0.25, -0.2) is 0 Å². The van der Waals surface area contributed by atoms with Crippen molar-refractivity contribution in [2.45, 2.75) is 25.0 Å². The SMILES string of the molecule is NC(=O)c1ccc(N[C@@H](c2ccccc2)[C@H]2CCCO2)c([N+](=O)[O-])c1. The summed E-state index contributed by atoms with van der Waals surface area (Å²) in [5, 5.41) is 14.7. The van der Waals surface area contributed by atoms with Crippen molar-refractivity contribution >= 4 is 17.3 Å². The Morgan fingerprint density at radius 3 is 2.64 bits per heavy atom. The van der Waals surface area contributed by atoms with Crippen LogP contribution in [0, 0.1) is 10.1 Å². The highest BCUT2D eigenvalue weighted by atomic mass is 16.6. The van der Waals surface area contributed by atoms with Gasteiger partial charge >= 0.3 is 0 Å². The van der Waals surface area contributed by atoms with Crippen LogP contribution in [0.5, 0.6) is 0 Å². The van der Waals surface area contributed by atoms with E-state index in [1.165, 1.54) is 18.2 Å². The van der Waals surface area contributed by atoms with Gasteiger partial charge in [0, 0.05) is 18.2 Å². The van der Waals surface area contributed by atoms with Crippen molar-refractivity contribution in [3.05, 3.63) is 69.8 Å². The van der Waals surface area contributed by atoms with Gasteiger partial charge in [-0.1, -0.05) is 30.3 Å². The number of nitrogens with zero attached hydrogens (tertiary/aromatic N) is 1. The highest BCUT2D eigenvalue weighted by Gasteiger charge is 2.29. The van der Waals surface area contributed by atoms with Gasteiger partial charge in [-0.3, -0.25) is 14.9 Å². The highest BCUT2D eigenvalue weighted by Crippen LogP contribution is 2.34. The van der Waals surface area contributed by atoms with Gasteiger partial charge in [-0.15, -0.1) is 0 Å². The number of anilines is 1. The number of hydrogen-bond donors (Lipinski definition) is 2. The Bertz CT molecular complexity index is 773. The second kappa shape index (κ2) is 7.31. The van der Waals surface area contributed by atoms with Crippen LogP contribution in [0.3, 0.4) is 0 Å². The molecule has 3 N–H and O–H groups in total. The van der Waals surface area contributed by atoms with Gasteiger partial charge in [0.05, 0.1) is 17.1 Å². The van der Waals surface area contributed by atoms with Gasteiger partial charge in [0.1, 0.15) is 5.69 Å². The molecule has 25 heavy (non-hydrogen) atoms. The zero-order valence-electron chi connectivity index (χ0n) is 13.6. The largest absolute Gasteiger partial charge is 0.376 e. The molecule has 1 saturated heterocycles. The molecule has 0 saturated carbocycles. The number of rotatable bonds is 6. The van der Waals surface area contributed by atoms with Gasteiger partial charge in [0.2, 0.25) is 5.91 Å². The number of nitro groups is 1. The van der Waals surface area contributed by atoms with E-state index in [0.717, 1.165) is 18.4 Å². The number of nitrogens with one attached hydrogen (secondary N) is 1. The molecule has 2 atom stereocenters. The monoisotopic (exact) mass is 341 g/mol. The molecule has 1 aliphatic heterocycles. The van der Waals surface area contributed by atoms with Crippen LogP contribution in [-0.2, 0) is 4.74 Å². The molecule has 7 nitrogen and oxygen atoms in total. The fraction of sp³-hybridized carbons (Fsp3) is 0.278. The third-order valence-corrected chi connectivity index (χ3v) is 4.29. The maximum atomic E-state index is 11.4. The summed E-state index contributed by atoms with van der Waals surface area (Å²) in [5.74, 6) is -0.701. The van der Waals surface area contributed by atoms with Crippen LogP contribution in [0.25, 0.3) is 0 Å². The molecule has 1 amide bonds. The second-order valence-electron chi connectivity index (χ2n) is 5.94. The molecular weight excluding hydrogens is 322 g/mol. The number of benzene rings is 2. The molecule has 0 aliphatic carbocycles. The first-order valence-corrected chi connectivity index (χ1v) is 8.07. The molecule has 0 unspecified atom stereocenters. The predicted octanol–water partition coefficient (Wildman–Crippen LogP) is 3.03. The number of primary amides is 1.